The first-order chi connectivity index (χ1) is 19.3. The zero-order valence-electron chi connectivity index (χ0n) is 23.8. The van der Waals surface area contributed by atoms with E-state index in [-0.39, 0.29) is 24.5 Å². The Morgan fingerprint density at radius 3 is 2.22 bits per heavy atom. The third-order valence-corrected chi connectivity index (χ3v) is 6.52. The van der Waals surface area contributed by atoms with Crippen LogP contribution in [0.4, 0.5) is 10.5 Å². The molecule has 0 bridgehead atoms. The monoisotopic (exact) mass is 581 g/mol. The molecule has 3 aromatic rings. The van der Waals surface area contributed by atoms with E-state index in [1.165, 1.54) is 29.2 Å². The Kier molecular flexibility index (Phi) is 10.2. The number of para-hydroxylation sites is 1. The molecule has 0 radical (unpaired) electrons. The highest BCUT2D eigenvalue weighted by atomic mass is 35.5. The van der Waals surface area contributed by atoms with Gasteiger partial charge in [0, 0.05) is 13.0 Å². The third-order valence-electron chi connectivity index (χ3n) is 6.21. The number of hydrogen-bond acceptors (Lipinski definition) is 6. The molecule has 218 valence electrons. The van der Waals surface area contributed by atoms with Crippen LogP contribution in [0.2, 0.25) is 5.02 Å². The summed E-state index contributed by atoms with van der Waals surface area (Å²) in [5.74, 6) is -1.12. The molecule has 3 rings (SSSR count). The zero-order chi connectivity index (χ0) is 30.3. The van der Waals surface area contributed by atoms with Gasteiger partial charge in [0.1, 0.15) is 29.2 Å². The van der Waals surface area contributed by atoms with Crippen LogP contribution in [0.25, 0.3) is 0 Å². The summed E-state index contributed by atoms with van der Waals surface area (Å²) in [5.41, 5.74) is 1.35. The van der Waals surface area contributed by atoms with Crippen LogP contribution in [-0.2, 0) is 20.7 Å². The molecule has 0 saturated heterocycles. The maximum absolute atomic E-state index is 14.2. The lowest BCUT2D eigenvalue weighted by molar-refractivity contribution is -0.140. The summed E-state index contributed by atoms with van der Waals surface area (Å²) in [6.07, 6.45) is -0.733. The van der Waals surface area contributed by atoms with Crippen LogP contribution in [0.15, 0.2) is 66.7 Å². The molecule has 0 aliphatic carbocycles. The molecular formula is C31H36ClN3O6. The highest BCUT2D eigenvalue weighted by Crippen LogP contribution is 2.30. The molecule has 0 fully saturated rings. The van der Waals surface area contributed by atoms with Crippen molar-refractivity contribution in [1.82, 2.24) is 10.2 Å². The van der Waals surface area contributed by atoms with Gasteiger partial charge < -0.3 is 30.5 Å². The lowest BCUT2D eigenvalue weighted by Gasteiger charge is -2.34. The van der Waals surface area contributed by atoms with Crippen LogP contribution in [-0.4, -0.2) is 51.2 Å². The van der Waals surface area contributed by atoms with Crippen LogP contribution < -0.4 is 10.6 Å². The number of ether oxygens (including phenoxy) is 1. The minimum atomic E-state index is -1.18. The fourth-order valence-corrected chi connectivity index (χ4v) is 4.60. The molecule has 0 aliphatic rings. The maximum atomic E-state index is 14.2. The minimum absolute atomic E-state index is 0.0578. The number of nitrogens with zero attached hydrogens (tertiary/aromatic N) is 1. The molecular weight excluding hydrogens is 546 g/mol. The number of halogens is 1. The summed E-state index contributed by atoms with van der Waals surface area (Å²) >= 11 is 6.37. The van der Waals surface area contributed by atoms with Crippen molar-refractivity contribution in [2.45, 2.75) is 58.7 Å². The Morgan fingerprint density at radius 1 is 0.976 bits per heavy atom. The number of hydrogen-bond donors (Lipinski definition) is 4. The van der Waals surface area contributed by atoms with Crippen LogP contribution in [0.1, 0.15) is 50.4 Å². The number of carbonyl (C=O) groups excluding carboxylic acids is 3. The van der Waals surface area contributed by atoms with Crippen molar-refractivity contribution >= 4 is 35.2 Å². The van der Waals surface area contributed by atoms with E-state index in [1.807, 2.05) is 0 Å². The largest absolute Gasteiger partial charge is 0.508 e. The summed E-state index contributed by atoms with van der Waals surface area (Å²) in [6.45, 7) is 8.73. The first kappa shape index (κ1) is 31.3. The molecule has 9 nitrogen and oxygen atoms in total. The normalized spacial score (nSPS) is 12.6. The average Bonchev–Trinajstić information content (AvgIpc) is 2.88. The van der Waals surface area contributed by atoms with Gasteiger partial charge in [-0.2, -0.15) is 0 Å². The SMILES string of the molecule is CCN(C(=O)C(Cc1ccc(O)cc1)NC(=O)OC(C)(C)C)C(C(=O)Nc1c(C)cccc1Cl)c1cccc(O)c1. The molecule has 0 saturated carbocycles. The minimum Gasteiger partial charge on any atom is -0.508 e. The highest BCUT2D eigenvalue weighted by Gasteiger charge is 2.36. The van der Waals surface area contributed by atoms with Crippen molar-refractivity contribution in [3.8, 4) is 11.5 Å². The zero-order valence-corrected chi connectivity index (χ0v) is 24.5. The number of phenols is 2. The van der Waals surface area contributed by atoms with E-state index in [0.29, 0.717) is 21.8 Å². The molecule has 2 unspecified atom stereocenters. The average molecular weight is 582 g/mol. The topological polar surface area (TPSA) is 128 Å². The predicted molar refractivity (Wildman–Crippen MR) is 158 cm³/mol. The second-order valence-corrected chi connectivity index (χ2v) is 11.0. The molecule has 0 aliphatic heterocycles. The van der Waals surface area contributed by atoms with E-state index >= 15 is 0 Å². The molecule has 4 N–H and O–H groups in total. The molecule has 41 heavy (non-hydrogen) atoms. The van der Waals surface area contributed by atoms with Crippen molar-refractivity contribution in [1.29, 1.82) is 0 Å². The van der Waals surface area contributed by atoms with Gasteiger partial charge >= 0.3 is 6.09 Å². The molecule has 0 heterocycles. The van der Waals surface area contributed by atoms with Crippen molar-refractivity contribution in [3.63, 3.8) is 0 Å². The summed E-state index contributed by atoms with van der Waals surface area (Å²) in [4.78, 5) is 42.2. The predicted octanol–water partition coefficient (Wildman–Crippen LogP) is 5.72. The van der Waals surface area contributed by atoms with Gasteiger partial charge in [-0.25, -0.2) is 4.79 Å². The van der Waals surface area contributed by atoms with Gasteiger partial charge in [-0.3, -0.25) is 9.59 Å². The van der Waals surface area contributed by atoms with E-state index in [2.05, 4.69) is 10.6 Å². The fraction of sp³-hybridized carbons (Fsp3) is 0.323. The molecule has 3 amide bonds. The molecule has 2 atom stereocenters. The van der Waals surface area contributed by atoms with Gasteiger partial charge in [0.25, 0.3) is 5.91 Å². The lowest BCUT2D eigenvalue weighted by Crippen LogP contribution is -2.53. The third kappa shape index (κ3) is 8.62. The number of rotatable bonds is 9. The quantitative estimate of drug-likeness (QED) is 0.256. The Hall–Kier alpha value is -4.24. The van der Waals surface area contributed by atoms with E-state index in [4.69, 9.17) is 16.3 Å². The first-order valence-electron chi connectivity index (χ1n) is 13.2. The second kappa shape index (κ2) is 13.4. The van der Waals surface area contributed by atoms with Crippen molar-refractivity contribution in [3.05, 3.63) is 88.4 Å². The number of benzene rings is 3. The number of anilines is 1. The summed E-state index contributed by atoms with van der Waals surface area (Å²) in [5, 5.41) is 25.8. The van der Waals surface area contributed by atoms with E-state index in [9.17, 15) is 24.6 Å². The van der Waals surface area contributed by atoms with Gasteiger partial charge in [-0.1, -0.05) is 48.0 Å². The van der Waals surface area contributed by atoms with E-state index in [0.717, 1.165) is 5.56 Å². The number of aryl methyl sites for hydroxylation is 1. The van der Waals surface area contributed by atoms with Gasteiger partial charge in [-0.15, -0.1) is 0 Å². The Balaban J connectivity index is 2.03. The Bertz CT molecular complexity index is 1370. The Morgan fingerprint density at radius 2 is 1.63 bits per heavy atom. The number of likely N-dealkylation sites (N-methyl/N-ethyl adjacent to an activating group) is 1. The smallest absolute Gasteiger partial charge is 0.408 e. The fourth-order valence-electron chi connectivity index (χ4n) is 4.33. The number of amides is 3. The molecule has 0 spiro atoms. The molecule has 3 aromatic carbocycles. The van der Waals surface area contributed by atoms with E-state index in [1.54, 1.807) is 77.1 Å². The van der Waals surface area contributed by atoms with Crippen molar-refractivity contribution in [2.24, 2.45) is 0 Å². The number of aromatic hydroxyl groups is 2. The second-order valence-electron chi connectivity index (χ2n) is 10.6. The van der Waals surface area contributed by atoms with Gasteiger partial charge in [0.15, 0.2) is 0 Å². The number of phenolic OH excluding ortho intramolecular Hbond substituents is 2. The summed E-state index contributed by atoms with van der Waals surface area (Å²) in [7, 11) is 0. The number of alkyl carbamates (subject to hydrolysis) is 1. The van der Waals surface area contributed by atoms with Crippen molar-refractivity contribution < 1.29 is 29.3 Å². The Labute approximate surface area is 245 Å². The lowest BCUT2D eigenvalue weighted by atomic mass is 10.00. The standard InChI is InChI=1S/C31H36ClN3O6/c1-6-35(29(39)25(33-30(40)41-31(3,4)5)17-20-13-15-22(36)16-14-20)27(21-10-8-11-23(37)18-21)28(38)34-26-19(2)9-7-12-24(26)32/h7-16,18,25,27,36-37H,6,17H2,1-5H3,(H,33,40)(H,34,38). The van der Waals surface area contributed by atoms with Crippen molar-refractivity contribution in [2.75, 3.05) is 11.9 Å². The summed E-state index contributed by atoms with van der Waals surface area (Å²) < 4.78 is 5.41. The van der Waals surface area contributed by atoms with Crippen LogP contribution in [0, 0.1) is 6.92 Å². The van der Waals surface area contributed by atoms with Gasteiger partial charge in [-0.05, 0) is 81.6 Å². The van der Waals surface area contributed by atoms with Crippen LogP contribution >= 0.6 is 11.6 Å². The number of nitrogens with one attached hydrogen (secondary N) is 2. The van der Waals surface area contributed by atoms with E-state index < -0.39 is 35.6 Å². The van der Waals surface area contributed by atoms with Gasteiger partial charge in [0.2, 0.25) is 5.91 Å². The number of carbonyl (C=O) groups is 3. The van der Waals surface area contributed by atoms with Crippen LogP contribution in [0.3, 0.4) is 0 Å². The van der Waals surface area contributed by atoms with Crippen LogP contribution in [0.5, 0.6) is 11.5 Å². The first-order valence-corrected chi connectivity index (χ1v) is 13.6. The molecule has 10 heteroatoms. The van der Waals surface area contributed by atoms with Gasteiger partial charge in [0.05, 0.1) is 10.7 Å². The summed E-state index contributed by atoms with van der Waals surface area (Å²) in [6, 6.07) is 15.2. The molecule has 0 aromatic heterocycles. The highest BCUT2D eigenvalue weighted by molar-refractivity contribution is 6.34. The maximum Gasteiger partial charge on any atom is 0.408 e.